The molecule has 3 rings (SSSR count). The van der Waals surface area contributed by atoms with Crippen LogP contribution in [0.3, 0.4) is 0 Å². The molecule has 2 aromatic heterocycles. The average Bonchev–Trinajstić information content (AvgIpc) is 3.06. The monoisotopic (exact) mass is 285 g/mol. The van der Waals surface area contributed by atoms with Gasteiger partial charge in [0.15, 0.2) is 5.89 Å². The zero-order chi connectivity index (χ0) is 13.9. The van der Waals surface area contributed by atoms with E-state index in [4.69, 9.17) is 4.42 Å². The Kier molecular flexibility index (Phi) is 3.52. The number of thiazole rings is 1. The van der Waals surface area contributed by atoms with Crippen LogP contribution < -0.4 is 5.32 Å². The highest BCUT2D eigenvalue weighted by Gasteiger charge is 2.03. The molecule has 0 fully saturated rings. The van der Waals surface area contributed by atoms with Gasteiger partial charge in [0.05, 0.1) is 6.54 Å². The zero-order valence-electron chi connectivity index (χ0n) is 11.4. The Balaban J connectivity index is 1.67. The molecule has 0 atom stereocenters. The van der Waals surface area contributed by atoms with Crippen molar-refractivity contribution in [2.24, 2.45) is 0 Å². The molecular formula is C15H15N3OS. The molecule has 1 aromatic carbocycles. The van der Waals surface area contributed by atoms with Crippen molar-refractivity contribution in [1.29, 1.82) is 0 Å². The van der Waals surface area contributed by atoms with Crippen molar-refractivity contribution in [2.45, 2.75) is 20.4 Å². The fourth-order valence-electron chi connectivity index (χ4n) is 1.92. The van der Waals surface area contributed by atoms with Crippen LogP contribution in [0.15, 0.2) is 40.3 Å². The third-order valence-electron chi connectivity index (χ3n) is 2.91. The van der Waals surface area contributed by atoms with Crippen molar-refractivity contribution in [2.75, 3.05) is 5.32 Å². The first kappa shape index (κ1) is 12.9. The molecule has 0 bridgehead atoms. The van der Waals surface area contributed by atoms with Crippen LogP contribution in [0.4, 0.5) is 5.69 Å². The van der Waals surface area contributed by atoms with Crippen LogP contribution in [0.2, 0.25) is 0 Å². The van der Waals surface area contributed by atoms with Gasteiger partial charge in [0, 0.05) is 29.2 Å². The molecule has 0 unspecified atom stereocenters. The highest BCUT2D eigenvalue weighted by atomic mass is 32.1. The predicted octanol–water partition coefficient (Wildman–Crippen LogP) is 4.03. The van der Waals surface area contributed by atoms with Crippen molar-refractivity contribution < 1.29 is 4.42 Å². The molecular weight excluding hydrogens is 270 g/mol. The smallest absolute Gasteiger partial charge is 0.191 e. The lowest BCUT2D eigenvalue weighted by Gasteiger charge is -2.04. The fraction of sp³-hybridized carbons (Fsp3) is 0.200. The van der Waals surface area contributed by atoms with Crippen LogP contribution in [0.5, 0.6) is 0 Å². The Bertz CT molecular complexity index is 700. The number of hydrogen-bond acceptors (Lipinski definition) is 5. The first-order chi connectivity index (χ1) is 9.70. The van der Waals surface area contributed by atoms with Gasteiger partial charge in [-0.1, -0.05) is 12.1 Å². The van der Waals surface area contributed by atoms with E-state index in [1.807, 2.05) is 38.1 Å². The summed E-state index contributed by atoms with van der Waals surface area (Å²) in [4.78, 5) is 8.74. The quantitative estimate of drug-likeness (QED) is 0.786. The van der Waals surface area contributed by atoms with Crippen LogP contribution in [0.1, 0.15) is 16.6 Å². The molecule has 0 aliphatic heterocycles. The molecule has 3 aromatic rings. The third kappa shape index (κ3) is 2.88. The van der Waals surface area contributed by atoms with Gasteiger partial charge in [0.25, 0.3) is 0 Å². The maximum atomic E-state index is 5.22. The number of aromatic nitrogens is 2. The second kappa shape index (κ2) is 5.46. The Labute approximate surface area is 121 Å². The van der Waals surface area contributed by atoms with E-state index in [9.17, 15) is 0 Å². The number of rotatable bonds is 4. The van der Waals surface area contributed by atoms with Crippen molar-refractivity contribution >= 4 is 17.0 Å². The minimum absolute atomic E-state index is 0.682. The minimum Gasteiger partial charge on any atom is -0.449 e. The summed E-state index contributed by atoms with van der Waals surface area (Å²) in [6.07, 6.45) is 1.68. The Morgan fingerprint density at radius 1 is 1.15 bits per heavy atom. The second-order valence-electron chi connectivity index (χ2n) is 4.57. The highest BCUT2D eigenvalue weighted by Crippen LogP contribution is 2.21. The summed E-state index contributed by atoms with van der Waals surface area (Å²) >= 11 is 1.68. The topological polar surface area (TPSA) is 51.0 Å². The maximum Gasteiger partial charge on any atom is 0.191 e. The molecule has 0 radical (unpaired) electrons. The summed E-state index contributed by atoms with van der Waals surface area (Å²) < 4.78 is 5.22. The number of oxazole rings is 1. The summed E-state index contributed by atoms with van der Waals surface area (Å²) in [5, 5.41) is 6.52. The van der Waals surface area contributed by atoms with Crippen LogP contribution in [0, 0.1) is 13.8 Å². The zero-order valence-corrected chi connectivity index (χ0v) is 12.2. The summed E-state index contributed by atoms with van der Waals surface area (Å²) in [5.74, 6) is 0.682. The molecule has 0 amide bonds. The molecule has 0 saturated heterocycles. The maximum absolute atomic E-state index is 5.22. The number of aryl methyl sites for hydroxylation is 2. The largest absolute Gasteiger partial charge is 0.449 e. The molecule has 0 spiro atoms. The van der Waals surface area contributed by atoms with Gasteiger partial charge in [-0.2, -0.15) is 0 Å². The van der Waals surface area contributed by atoms with Crippen LogP contribution >= 0.6 is 11.3 Å². The molecule has 1 N–H and O–H groups in total. The van der Waals surface area contributed by atoms with Crippen molar-refractivity contribution in [3.8, 4) is 11.3 Å². The van der Waals surface area contributed by atoms with E-state index in [-0.39, 0.29) is 0 Å². The normalized spacial score (nSPS) is 10.7. The van der Waals surface area contributed by atoms with Crippen molar-refractivity contribution in [3.05, 3.63) is 52.5 Å². The minimum atomic E-state index is 0.682. The Hall–Kier alpha value is -2.14. The highest BCUT2D eigenvalue weighted by molar-refractivity contribution is 7.09. The van der Waals surface area contributed by atoms with E-state index in [0.717, 1.165) is 34.2 Å². The molecule has 102 valence electrons. The van der Waals surface area contributed by atoms with Gasteiger partial charge < -0.3 is 9.73 Å². The average molecular weight is 285 g/mol. The summed E-state index contributed by atoms with van der Waals surface area (Å²) in [7, 11) is 0. The van der Waals surface area contributed by atoms with E-state index >= 15 is 0 Å². The molecule has 0 aliphatic rings. The van der Waals surface area contributed by atoms with Gasteiger partial charge in [-0.05, 0) is 19.1 Å². The first-order valence-corrected chi connectivity index (χ1v) is 7.26. The number of anilines is 1. The molecule has 5 heteroatoms. The van der Waals surface area contributed by atoms with Crippen LogP contribution in [-0.4, -0.2) is 9.97 Å². The lowest BCUT2D eigenvalue weighted by Crippen LogP contribution is -1.98. The second-order valence-corrected chi connectivity index (χ2v) is 5.51. The van der Waals surface area contributed by atoms with Gasteiger partial charge >= 0.3 is 0 Å². The first-order valence-electron chi connectivity index (χ1n) is 6.38. The SMILES string of the molecule is Cc1csc(CNc2ccc(-c3coc(C)n3)cc2)n1. The van der Waals surface area contributed by atoms with E-state index < -0.39 is 0 Å². The van der Waals surface area contributed by atoms with Gasteiger partial charge in [-0.3, -0.25) is 0 Å². The van der Waals surface area contributed by atoms with Gasteiger partial charge in [0.2, 0.25) is 0 Å². The standard InChI is InChI=1S/C15H15N3OS/c1-10-9-20-15(17-10)7-16-13-5-3-12(4-6-13)14-8-19-11(2)18-14/h3-6,8-9,16H,7H2,1-2H3. The Morgan fingerprint density at radius 2 is 1.95 bits per heavy atom. The van der Waals surface area contributed by atoms with E-state index in [2.05, 4.69) is 20.7 Å². The molecule has 4 nitrogen and oxygen atoms in total. The summed E-state index contributed by atoms with van der Waals surface area (Å²) in [5.41, 5.74) is 4.06. The molecule has 2 heterocycles. The van der Waals surface area contributed by atoms with Gasteiger partial charge in [0.1, 0.15) is 17.0 Å². The summed E-state index contributed by atoms with van der Waals surface area (Å²) in [6.45, 7) is 4.60. The predicted molar refractivity (Wildman–Crippen MR) is 80.9 cm³/mol. The van der Waals surface area contributed by atoms with E-state index in [1.165, 1.54) is 0 Å². The van der Waals surface area contributed by atoms with E-state index in [0.29, 0.717) is 5.89 Å². The van der Waals surface area contributed by atoms with E-state index in [1.54, 1.807) is 17.6 Å². The molecule has 0 aliphatic carbocycles. The number of hydrogen-bond donors (Lipinski definition) is 1. The van der Waals surface area contributed by atoms with Crippen LogP contribution in [0.25, 0.3) is 11.3 Å². The molecule has 20 heavy (non-hydrogen) atoms. The number of benzene rings is 1. The van der Waals surface area contributed by atoms with Crippen molar-refractivity contribution in [3.63, 3.8) is 0 Å². The van der Waals surface area contributed by atoms with Gasteiger partial charge in [-0.25, -0.2) is 9.97 Å². The molecule has 0 saturated carbocycles. The van der Waals surface area contributed by atoms with Crippen molar-refractivity contribution in [1.82, 2.24) is 9.97 Å². The fourth-order valence-corrected chi connectivity index (χ4v) is 2.63. The third-order valence-corrected chi connectivity index (χ3v) is 3.88. The number of nitrogens with one attached hydrogen (secondary N) is 1. The van der Waals surface area contributed by atoms with Crippen LogP contribution in [-0.2, 0) is 6.54 Å². The lowest BCUT2D eigenvalue weighted by atomic mass is 10.1. The lowest BCUT2D eigenvalue weighted by molar-refractivity contribution is 0.521. The summed E-state index contributed by atoms with van der Waals surface area (Å²) in [6, 6.07) is 8.15. The number of nitrogens with zero attached hydrogens (tertiary/aromatic N) is 2. The Morgan fingerprint density at radius 3 is 2.55 bits per heavy atom. The van der Waals surface area contributed by atoms with Gasteiger partial charge in [-0.15, -0.1) is 11.3 Å².